The van der Waals surface area contributed by atoms with Crippen molar-refractivity contribution in [3.8, 4) is 0 Å². The molecule has 0 aromatic carbocycles. The third-order valence-corrected chi connectivity index (χ3v) is 3.86. The van der Waals surface area contributed by atoms with Crippen LogP contribution in [0, 0.1) is 23.2 Å². The van der Waals surface area contributed by atoms with Gasteiger partial charge in [0.05, 0.1) is 5.84 Å². The van der Waals surface area contributed by atoms with E-state index in [-0.39, 0.29) is 0 Å². The minimum Gasteiger partial charge on any atom is -0.360 e. The summed E-state index contributed by atoms with van der Waals surface area (Å²) < 4.78 is 0. The maximum atomic E-state index is 8.02. The highest BCUT2D eigenvalue weighted by molar-refractivity contribution is 5.81. The summed E-state index contributed by atoms with van der Waals surface area (Å²) in [5.41, 5.74) is 0. The lowest BCUT2D eigenvalue weighted by Gasteiger charge is -2.22. The van der Waals surface area contributed by atoms with Crippen molar-refractivity contribution < 1.29 is 0 Å². The summed E-state index contributed by atoms with van der Waals surface area (Å²) in [5.74, 6) is 3.07. The molecule has 1 N–H and O–H groups in total. The van der Waals surface area contributed by atoms with Crippen molar-refractivity contribution in [1.29, 1.82) is 5.41 Å². The van der Waals surface area contributed by atoms with Crippen LogP contribution in [0.4, 0.5) is 0 Å². The summed E-state index contributed by atoms with van der Waals surface area (Å²) >= 11 is 0. The molecule has 2 aliphatic rings. The van der Waals surface area contributed by atoms with Gasteiger partial charge in [0.1, 0.15) is 0 Å². The normalized spacial score (nSPS) is 32.1. The minimum absolute atomic E-state index is 0.398. The number of likely N-dealkylation sites (tertiary alicyclic amines) is 1. The van der Waals surface area contributed by atoms with Gasteiger partial charge in [-0.05, 0) is 24.7 Å². The van der Waals surface area contributed by atoms with E-state index < -0.39 is 0 Å². The molecule has 0 amide bonds. The van der Waals surface area contributed by atoms with E-state index in [2.05, 4.69) is 18.7 Å². The van der Waals surface area contributed by atoms with Crippen LogP contribution in [0.25, 0.3) is 0 Å². The van der Waals surface area contributed by atoms with Crippen LogP contribution in [0.15, 0.2) is 0 Å². The number of nitrogens with one attached hydrogen (secondary N) is 1. The topological polar surface area (TPSA) is 27.1 Å². The number of fused-ring (bicyclic) bond motifs is 1. The average molecular weight is 194 g/mol. The molecule has 2 rings (SSSR count). The van der Waals surface area contributed by atoms with Crippen LogP contribution in [-0.4, -0.2) is 23.8 Å². The minimum atomic E-state index is 0.398. The molecule has 1 heterocycles. The lowest BCUT2D eigenvalue weighted by molar-refractivity contribution is 0.299. The number of nitrogens with zero attached hydrogens (tertiary/aromatic N) is 1. The average Bonchev–Trinajstić information content (AvgIpc) is 2.59. The van der Waals surface area contributed by atoms with Gasteiger partial charge in [0.15, 0.2) is 0 Å². The van der Waals surface area contributed by atoms with Crippen molar-refractivity contribution in [2.45, 2.75) is 39.5 Å². The summed E-state index contributed by atoms with van der Waals surface area (Å²) in [6.45, 7) is 6.60. The van der Waals surface area contributed by atoms with Gasteiger partial charge in [-0.15, -0.1) is 0 Å². The lowest BCUT2D eigenvalue weighted by Crippen LogP contribution is -2.31. The second-order valence-corrected chi connectivity index (χ2v) is 5.25. The molecule has 0 unspecified atom stereocenters. The molecule has 0 aromatic heterocycles. The zero-order valence-electron chi connectivity index (χ0n) is 9.42. The maximum Gasteiger partial charge on any atom is 0.0984 e. The van der Waals surface area contributed by atoms with Gasteiger partial charge in [0.25, 0.3) is 0 Å². The Balaban J connectivity index is 1.95. The molecule has 0 radical (unpaired) electrons. The molecular weight excluding hydrogens is 172 g/mol. The van der Waals surface area contributed by atoms with Crippen LogP contribution in [0.1, 0.15) is 39.5 Å². The first-order valence-corrected chi connectivity index (χ1v) is 6.02. The van der Waals surface area contributed by atoms with Crippen molar-refractivity contribution in [1.82, 2.24) is 4.90 Å². The first-order chi connectivity index (χ1) is 6.68. The fourth-order valence-corrected chi connectivity index (χ4v) is 2.97. The summed E-state index contributed by atoms with van der Waals surface area (Å²) in [5, 5.41) is 8.02. The van der Waals surface area contributed by atoms with Crippen LogP contribution in [0.5, 0.6) is 0 Å². The molecule has 2 atom stereocenters. The summed E-state index contributed by atoms with van der Waals surface area (Å²) in [6, 6.07) is 0. The van der Waals surface area contributed by atoms with Crippen LogP contribution in [0.3, 0.4) is 0 Å². The van der Waals surface area contributed by atoms with E-state index in [9.17, 15) is 0 Å². The highest BCUT2D eigenvalue weighted by atomic mass is 15.2. The molecular formula is C12H22N2. The SMILES string of the molecule is CC(C)C(=N)N1C[C@H]2CCCC[C@H]2C1. The molecule has 2 fully saturated rings. The van der Waals surface area contributed by atoms with Crippen molar-refractivity contribution in [3.63, 3.8) is 0 Å². The van der Waals surface area contributed by atoms with E-state index in [1.807, 2.05) is 0 Å². The van der Waals surface area contributed by atoms with Crippen LogP contribution >= 0.6 is 0 Å². The van der Waals surface area contributed by atoms with Crippen LogP contribution < -0.4 is 0 Å². The van der Waals surface area contributed by atoms with Gasteiger partial charge in [0.2, 0.25) is 0 Å². The fourth-order valence-electron chi connectivity index (χ4n) is 2.97. The number of hydrogen-bond acceptors (Lipinski definition) is 1. The quantitative estimate of drug-likeness (QED) is 0.504. The molecule has 80 valence electrons. The molecule has 1 saturated carbocycles. The Labute approximate surface area is 87.2 Å². The Hall–Kier alpha value is -0.530. The number of rotatable bonds is 1. The standard InChI is InChI=1S/C12H22N2/c1-9(2)12(13)14-7-10-5-3-4-6-11(10)8-14/h9-11,13H,3-8H2,1-2H3/t10-,11+. The summed E-state index contributed by atoms with van der Waals surface area (Å²) in [6.07, 6.45) is 5.66. The predicted octanol–water partition coefficient (Wildman–Crippen LogP) is 2.74. The molecule has 0 spiro atoms. The van der Waals surface area contributed by atoms with Crippen molar-refractivity contribution in [3.05, 3.63) is 0 Å². The maximum absolute atomic E-state index is 8.02. The highest BCUT2D eigenvalue weighted by Crippen LogP contribution is 2.36. The van der Waals surface area contributed by atoms with E-state index in [0.717, 1.165) is 17.7 Å². The predicted molar refractivity (Wildman–Crippen MR) is 59.6 cm³/mol. The Kier molecular flexibility index (Phi) is 2.80. The van der Waals surface area contributed by atoms with Crippen LogP contribution in [0.2, 0.25) is 0 Å². The third-order valence-electron chi connectivity index (χ3n) is 3.86. The largest absolute Gasteiger partial charge is 0.360 e. The van der Waals surface area contributed by atoms with Gasteiger partial charge in [-0.1, -0.05) is 26.7 Å². The van der Waals surface area contributed by atoms with E-state index in [1.54, 1.807) is 0 Å². The third kappa shape index (κ3) is 1.79. The van der Waals surface area contributed by atoms with Crippen LogP contribution in [-0.2, 0) is 0 Å². The first-order valence-electron chi connectivity index (χ1n) is 6.02. The van der Waals surface area contributed by atoms with Crippen molar-refractivity contribution in [2.75, 3.05) is 13.1 Å². The number of hydrogen-bond donors (Lipinski definition) is 1. The van der Waals surface area contributed by atoms with Gasteiger partial charge in [0, 0.05) is 19.0 Å². The van der Waals surface area contributed by atoms with E-state index in [4.69, 9.17) is 5.41 Å². The summed E-state index contributed by atoms with van der Waals surface area (Å²) in [7, 11) is 0. The smallest absolute Gasteiger partial charge is 0.0984 e. The van der Waals surface area contributed by atoms with Gasteiger partial charge in [-0.2, -0.15) is 0 Å². The lowest BCUT2D eigenvalue weighted by atomic mass is 9.82. The van der Waals surface area contributed by atoms with Gasteiger partial charge < -0.3 is 4.90 Å². The molecule has 2 heteroatoms. The Morgan fingerprint density at radius 1 is 1.14 bits per heavy atom. The first kappa shape index (κ1) is 10.0. The Morgan fingerprint density at radius 2 is 1.64 bits per heavy atom. The zero-order chi connectivity index (χ0) is 10.1. The fraction of sp³-hybridized carbons (Fsp3) is 0.917. The van der Waals surface area contributed by atoms with E-state index in [0.29, 0.717) is 5.92 Å². The molecule has 1 aliphatic heterocycles. The monoisotopic (exact) mass is 194 g/mol. The molecule has 2 nitrogen and oxygen atoms in total. The van der Waals surface area contributed by atoms with Gasteiger partial charge >= 0.3 is 0 Å². The Bertz CT molecular complexity index is 208. The van der Waals surface area contributed by atoms with Crippen molar-refractivity contribution in [2.24, 2.45) is 17.8 Å². The highest BCUT2D eigenvalue weighted by Gasteiger charge is 2.35. The van der Waals surface area contributed by atoms with Gasteiger partial charge in [-0.3, -0.25) is 5.41 Å². The molecule has 1 aliphatic carbocycles. The molecule has 0 aromatic rings. The Morgan fingerprint density at radius 3 is 2.07 bits per heavy atom. The van der Waals surface area contributed by atoms with Crippen molar-refractivity contribution >= 4 is 5.84 Å². The molecule has 0 bridgehead atoms. The molecule has 1 saturated heterocycles. The van der Waals surface area contributed by atoms with E-state index >= 15 is 0 Å². The second-order valence-electron chi connectivity index (χ2n) is 5.25. The molecule has 14 heavy (non-hydrogen) atoms. The second kappa shape index (κ2) is 3.92. The number of amidine groups is 1. The van der Waals surface area contributed by atoms with Gasteiger partial charge in [-0.25, -0.2) is 0 Å². The van der Waals surface area contributed by atoms with E-state index in [1.165, 1.54) is 38.8 Å². The zero-order valence-corrected chi connectivity index (χ0v) is 9.42. The summed E-state index contributed by atoms with van der Waals surface area (Å²) in [4.78, 5) is 2.32.